The van der Waals surface area contributed by atoms with Gasteiger partial charge in [0, 0.05) is 31.9 Å². The third-order valence-electron chi connectivity index (χ3n) is 7.45. The van der Waals surface area contributed by atoms with Crippen LogP contribution in [-0.2, 0) is 11.2 Å². The van der Waals surface area contributed by atoms with Crippen LogP contribution in [0.1, 0.15) is 60.3 Å². The number of piperidine rings is 2. The summed E-state index contributed by atoms with van der Waals surface area (Å²) in [5, 5.41) is 0. The van der Waals surface area contributed by atoms with E-state index in [4.69, 9.17) is 4.74 Å². The van der Waals surface area contributed by atoms with Crippen molar-refractivity contribution in [1.29, 1.82) is 0 Å². The number of carbonyl (C=O) groups is 1. The second kappa shape index (κ2) is 9.37. The molecule has 5 rings (SSSR count). The van der Waals surface area contributed by atoms with Crippen molar-refractivity contribution in [1.82, 2.24) is 14.9 Å². The van der Waals surface area contributed by atoms with Gasteiger partial charge in [-0.25, -0.2) is 14.4 Å². The Morgan fingerprint density at radius 3 is 2.67 bits per heavy atom. The molecule has 1 aromatic heterocycles. The van der Waals surface area contributed by atoms with Crippen LogP contribution in [0, 0.1) is 18.2 Å². The van der Waals surface area contributed by atoms with E-state index < -0.39 is 0 Å². The maximum Gasteiger partial charge on any atom is 0.272 e. The van der Waals surface area contributed by atoms with Crippen molar-refractivity contribution in [2.24, 2.45) is 5.41 Å². The van der Waals surface area contributed by atoms with Gasteiger partial charge in [0.25, 0.3) is 5.91 Å². The molecule has 6 nitrogen and oxygen atoms in total. The van der Waals surface area contributed by atoms with E-state index in [2.05, 4.69) is 14.9 Å². The van der Waals surface area contributed by atoms with Crippen molar-refractivity contribution in [3.63, 3.8) is 0 Å². The zero-order valence-electron chi connectivity index (χ0n) is 19.4. The summed E-state index contributed by atoms with van der Waals surface area (Å²) in [6.07, 6.45) is 7.23. The van der Waals surface area contributed by atoms with E-state index in [-0.39, 0.29) is 23.2 Å². The van der Waals surface area contributed by atoms with Crippen molar-refractivity contribution >= 4 is 11.9 Å². The molecule has 0 radical (unpaired) electrons. The number of benzene rings is 1. The summed E-state index contributed by atoms with van der Waals surface area (Å²) in [4.78, 5) is 26.7. The Hall–Kier alpha value is -2.54. The number of hydrogen-bond acceptors (Lipinski definition) is 5. The number of nitrogens with zero attached hydrogens (tertiary/aromatic N) is 4. The molecule has 0 saturated carbocycles. The molecule has 2 aromatic rings. The van der Waals surface area contributed by atoms with Gasteiger partial charge in [-0.15, -0.1) is 0 Å². The number of anilines is 1. The van der Waals surface area contributed by atoms with Crippen LogP contribution in [0.2, 0.25) is 0 Å². The Balaban J connectivity index is 1.20. The van der Waals surface area contributed by atoms with Crippen molar-refractivity contribution in [3.8, 4) is 0 Å². The van der Waals surface area contributed by atoms with Gasteiger partial charge in [-0.1, -0.05) is 12.1 Å². The lowest BCUT2D eigenvalue weighted by Gasteiger charge is -2.38. The number of carbonyl (C=O) groups excluding carboxylic acids is 1. The van der Waals surface area contributed by atoms with Crippen LogP contribution in [0.15, 0.2) is 30.3 Å². The molecule has 1 spiro atoms. The first-order valence-corrected chi connectivity index (χ1v) is 12.3. The van der Waals surface area contributed by atoms with Gasteiger partial charge < -0.3 is 14.5 Å². The zero-order valence-corrected chi connectivity index (χ0v) is 19.4. The Morgan fingerprint density at radius 1 is 1.12 bits per heavy atom. The third kappa shape index (κ3) is 5.03. The second-order valence-electron chi connectivity index (χ2n) is 10.0. The lowest BCUT2D eigenvalue weighted by atomic mass is 9.76. The molecule has 3 fully saturated rings. The first-order valence-electron chi connectivity index (χ1n) is 12.3. The van der Waals surface area contributed by atoms with Gasteiger partial charge in [0.1, 0.15) is 11.5 Å². The summed E-state index contributed by atoms with van der Waals surface area (Å²) < 4.78 is 19.6. The highest BCUT2D eigenvalue weighted by atomic mass is 19.1. The fourth-order valence-electron chi connectivity index (χ4n) is 5.55. The number of hydrogen-bond donors (Lipinski definition) is 0. The fourth-order valence-corrected chi connectivity index (χ4v) is 5.55. The standard InChI is InChI=1S/C26H33FN4O2/c1-19-14-23(29-25(28-19)31-10-3-2-4-11-31)24(32)30-12-8-26(9-13-30)17-22(33-18-26)16-20-6-5-7-21(27)15-20/h5-7,14-15,22H,2-4,8-13,16-18H2,1H3/t22-/m0/s1. The molecule has 0 aliphatic carbocycles. The number of aromatic nitrogens is 2. The lowest BCUT2D eigenvalue weighted by molar-refractivity contribution is 0.0492. The maximum atomic E-state index is 13.5. The molecular formula is C26H33FN4O2. The Labute approximate surface area is 195 Å². The predicted octanol–water partition coefficient (Wildman–Crippen LogP) is 4.17. The van der Waals surface area contributed by atoms with Gasteiger partial charge in [0.15, 0.2) is 0 Å². The molecule has 1 amide bonds. The van der Waals surface area contributed by atoms with E-state index in [1.807, 2.05) is 24.0 Å². The molecule has 3 saturated heterocycles. The van der Waals surface area contributed by atoms with E-state index in [0.717, 1.165) is 82.6 Å². The summed E-state index contributed by atoms with van der Waals surface area (Å²) in [5.41, 5.74) is 2.45. The summed E-state index contributed by atoms with van der Waals surface area (Å²) in [6, 6.07) is 8.60. The summed E-state index contributed by atoms with van der Waals surface area (Å²) in [5.74, 6) is 0.496. The number of amides is 1. The average molecular weight is 453 g/mol. The van der Waals surface area contributed by atoms with Crippen molar-refractivity contribution in [3.05, 3.63) is 53.1 Å². The largest absolute Gasteiger partial charge is 0.377 e. The molecule has 1 atom stereocenters. The fraction of sp³-hybridized carbons (Fsp3) is 0.577. The summed E-state index contributed by atoms with van der Waals surface area (Å²) >= 11 is 0. The van der Waals surface area contributed by atoms with Gasteiger partial charge in [0.05, 0.1) is 12.7 Å². The molecule has 7 heteroatoms. The smallest absolute Gasteiger partial charge is 0.272 e. The van der Waals surface area contributed by atoms with E-state index in [9.17, 15) is 9.18 Å². The van der Waals surface area contributed by atoms with Gasteiger partial charge in [0.2, 0.25) is 5.95 Å². The second-order valence-corrected chi connectivity index (χ2v) is 10.0. The van der Waals surface area contributed by atoms with Gasteiger partial charge >= 0.3 is 0 Å². The van der Waals surface area contributed by atoms with E-state index in [1.54, 1.807) is 12.1 Å². The number of aryl methyl sites for hydroxylation is 1. The highest BCUT2D eigenvalue weighted by molar-refractivity contribution is 5.92. The van der Waals surface area contributed by atoms with Crippen molar-refractivity contribution < 1.29 is 13.9 Å². The zero-order chi connectivity index (χ0) is 22.8. The number of ether oxygens (including phenoxy) is 1. The Morgan fingerprint density at radius 2 is 1.91 bits per heavy atom. The van der Waals surface area contributed by atoms with Crippen LogP contribution in [-0.4, -0.2) is 59.7 Å². The Bertz CT molecular complexity index is 1000. The Kier molecular flexibility index (Phi) is 6.32. The van der Waals surface area contributed by atoms with Gasteiger partial charge in [-0.05, 0) is 81.0 Å². The van der Waals surface area contributed by atoms with Gasteiger partial charge in [-0.3, -0.25) is 4.79 Å². The van der Waals surface area contributed by atoms with E-state index in [1.165, 1.54) is 12.5 Å². The first kappa shape index (κ1) is 22.3. The molecule has 0 unspecified atom stereocenters. The van der Waals surface area contributed by atoms with Crippen LogP contribution in [0.25, 0.3) is 0 Å². The van der Waals surface area contributed by atoms with Crippen molar-refractivity contribution in [2.75, 3.05) is 37.7 Å². The summed E-state index contributed by atoms with van der Waals surface area (Å²) in [6.45, 7) is 6.01. The minimum Gasteiger partial charge on any atom is -0.377 e. The van der Waals surface area contributed by atoms with Crippen LogP contribution < -0.4 is 4.90 Å². The molecule has 1 aromatic carbocycles. The van der Waals surface area contributed by atoms with Crippen LogP contribution in [0.5, 0.6) is 0 Å². The minimum atomic E-state index is -0.199. The minimum absolute atomic E-state index is 0.00355. The monoisotopic (exact) mass is 452 g/mol. The molecule has 3 aliphatic rings. The third-order valence-corrected chi connectivity index (χ3v) is 7.45. The van der Waals surface area contributed by atoms with Crippen LogP contribution in [0.3, 0.4) is 0 Å². The number of likely N-dealkylation sites (tertiary alicyclic amines) is 1. The highest BCUT2D eigenvalue weighted by Gasteiger charge is 2.43. The SMILES string of the molecule is Cc1cc(C(=O)N2CCC3(CC2)CO[C@@H](Cc2cccc(F)c2)C3)nc(N2CCCCC2)n1. The topological polar surface area (TPSA) is 58.6 Å². The molecule has 0 N–H and O–H groups in total. The molecule has 4 heterocycles. The molecule has 3 aliphatic heterocycles. The average Bonchev–Trinajstić information content (AvgIpc) is 3.21. The predicted molar refractivity (Wildman–Crippen MR) is 125 cm³/mol. The molecule has 176 valence electrons. The first-order chi connectivity index (χ1) is 16.0. The number of rotatable bonds is 4. The molecule has 33 heavy (non-hydrogen) atoms. The van der Waals surface area contributed by atoms with Crippen LogP contribution >= 0.6 is 0 Å². The quantitative estimate of drug-likeness (QED) is 0.697. The van der Waals surface area contributed by atoms with Crippen LogP contribution in [0.4, 0.5) is 10.3 Å². The number of halogens is 1. The molecule has 0 bridgehead atoms. The van der Waals surface area contributed by atoms with E-state index >= 15 is 0 Å². The molecular weight excluding hydrogens is 419 g/mol. The normalized spacial score (nSPS) is 22.7. The lowest BCUT2D eigenvalue weighted by Crippen LogP contribution is -2.44. The van der Waals surface area contributed by atoms with Gasteiger partial charge in [-0.2, -0.15) is 0 Å². The maximum absolute atomic E-state index is 13.5. The summed E-state index contributed by atoms with van der Waals surface area (Å²) in [7, 11) is 0. The highest BCUT2D eigenvalue weighted by Crippen LogP contribution is 2.43. The van der Waals surface area contributed by atoms with Crippen molar-refractivity contribution in [2.45, 2.75) is 58.0 Å². The van der Waals surface area contributed by atoms with E-state index in [0.29, 0.717) is 11.6 Å².